The van der Waals surface area contributed by atoms with E-state index in [2.05, 4.69) is 62.7 Å². The fraction of sp³-hybridized carbons (Fsp3) is 0.519. The van der Waals surface area contributed by atoms with E-state index in [1.807, 2.05) is 36.7 Å². The van der Waals surface area contributed by atoms with Gasteiger partial charge in [-0.3, -0.25) is 9.69 Å². The number of nitrogens with one attached hydrogen (secondary N) is 3. The number of benzene rings is 1. The maximum absolute atomic E-state index is 12.8. The third-order valence-electron chi connectivity index (χ3n) is 5.94. The van der Waals surface area contributed by atoms with Gasteiger partial charge >= 0.3 is 0 Å². The summed E-state index contributed by atoms with van der Waals surface area (Å²) >= 11 is 0. The molecule has 3 aromatic rings. The molecule has 0 unspecified atom stereocenters. The van der Waals surface area contributed by atoms with Crippen LogP contribution in [0.1, 0.15) is 68.1 Å². The monoisotopic (exact) mass is 479 g/mol. The van der Waals surface area contributed by atoms with Crippen LogP contribution in [0.4, 0.5) is 0 Å². The fourth-order valence-electron chi connectivity index (χ4n) is 4.37. The van der Waals surface area contributed by atoms with Crippen LogP contribution in [0.15, 0.2) is 49.1 Å². The number of imidazole rings is 2. The first-order valence-corrected chi connectivity index (χ1v) is 12.7. The number of carbonyl (C=O) groups excluding carboxylic acids is 1. The van der Waals surface area contributed by atoms with Gasteiger partial charge in [-0.1, -0.05) is 39.8 Å². The van der Waals surface area contributed by atoms with Crippen molar-refractivity contribution in [3.63, 3.8) is 0 Å². The first kappa shape index (κ1) is 26.6. The number of rotatable bonds is 15. The first-order valence-electron chi connectivity index (χ1n) is 12.7. The van der Waals surface area contributed by atoms with Crippen molar-refractivity contribution in [3.8, 4) is 0 Å². The van der Waals surface area contributed by atoms with Crippen LogP contribution in [0.2, 0.25) is 0 Å². The second kappa shape index (κ2) is 13.2. The zero-order valence-electron chi connectivity index (χ0n) is 21.7. The van der Waals surface area contributed by atoms with Gasteiger partial charge in [0.15, 0.2) is 0 Å². The van der Waals surface area contributed by atoms with E-state index in [4.69, 9.17) is 0 Å². The maximum atomic E-state index is 12.8. The van der Waals surface area contributed by atoms with Crippen LogP contribution in [0.25, 0.3) is 0 Å². The van der Waals surface area contributed by atoms with Gasteiger partial charge in [0.1, 0.15) is 11.6 Å². The van der Waals surface area contributed by atoms with Crippen molar-refractivity contribution in [1.82, 2.24) is 35.1 Å². The number of hydrogen-bond acceptors (Lipinski definition) is 5. The minimum Gasteiger partial charge on any atom is -0.351 e. The topological polar surface area (TPSA) is 92.9 Å². The van der Waals surface area contributed by atoms with E-state index >= 15 is 0 Å². The molecule has 0 atom stereocenters. The Labute approximate surface area is 209 Å². The van der Waals surface area contributed by atoms with Crippen LogP contribution in [0.3, 0.4) is 0 Å². The lowest BCUT2D eigenvalue weighted by atomic mass is 9.92. The van der Waals surface area contributed by atoms with Gasteiger partial charge < -0.3 is 20.2 Å². The molecular formula is C27H41N7O. The molecule has 0 saturated heterocycles. The molecule has 1 aromatic carbocycles. The van der Waals surface area contributed by atoms with Crippen LogP contribution in [0, 0.1) is 5.41 Å². The smallest absolute Gasteiger partial charge is 0.251 e. The third-order valence-corrected chi connectivity index (χ3v) is 5.94. The van der Waals surface area contributed by atoms with Gasteiger partial charge in [0.25, 0.3) is 5.91 Å². The summed E-state index contributed by atoms with van der Waals surface area (Å²) in [5.74, 6) is 1.79. The van der Waals surface area contributed by atoms with E-state index < -0.39 is 0 Å². The molecule has 2 aromatic heterocycles. The number of aromatic amines is 2. The van der Waals surface area contributed by atoms with Gasteiger partial charge in [0.2, 0.25) is 0 Å². The molecule has 0 spiro atoms. The highest BCUT2D eigenvalue weighted by Crippen LogP contribution is 2.17. The number of nitrogens with zero attached hydrogens (tertiary/aromatic N) is 4. The summed E-state index contributed by atoms with van der Waals surface area (Å²) in [7, 11) is 0. The van der Waals surface area contributed by atoms with Gasteiger partial charge in [0, 0.05) is 50.0 Å². The molecule has 3 rings (SSSR count). The predicted octanol–water partition coefficient (Wildman–Crippen LogP) is 4.21. The maximum Gasteiger partial charge on any atom is 0.251 e. The average Bonchev–Trinajstić information content (AvgIpc) is 3.53. The van der Waals surface area contributed by atoms with E-state index in [0.29, 0.717) is 25.2 Å². The normalized spacial score (nSPS) is 11.9. The standard InChI is InChI=1S/C27H41N7O/c1-5-15-33(16-6-2)21-27(3,4)20-32-26(35)23-9-7-22(8-10-23)17-34(18-24-28-11-12-29-24)19-25-30-13-14-31-25/h7-14H,5-6,15-21H2,1-4H3,(H,28,29)(H,30,31)(H,32,35). The molecule has 0 aliphatic rings. The molecule has 35 heavy (non-hydrogen) atoms. The number of aromatic nitrogens is 4. The van der Waals surface area contributed by atoms with Crippen LogP contribution in [0.5, 0.6) is 0 Å². The van der Waals surface area contributed by atoms with Crippen LogP contribution in [-0.2, 0) is 19.6 Å². The van der Waals surface area contributed by atoms with E-state index in [1.165, 1.54) is 0 Å². The molecule has 0 bridgehead atoms. The first-order chi connectivity index (χ1) is 16.9. The average molecular weight is 480 g/mol. The summed E-state index contributed by atoms with van der Waals surface area (Å²) in [5.41, 5.74) is 1.83. The Bertz CT molecular complexity index is 939. The van der Waals surface area contributed by atoms with Crippen molar-refractivity contribution in [2.75, 3.05) is 26.2 Å². The molecule has 0 aliphatic heterocycles. The molecule has 3 N–H and O–H groups in total. The number of H-pyrrole nitrogens is 2. The molecule has 8 heteroatoms. The second-order valence-corrected chi connectivity index (χ2v) is 10.0. The molecule has 2 heterocycles. The van der Waals surface area contributed by atoms with Crippen LogP contribution >= 0.6 is 0 Å². The fourth-order valence-corrected chi connectivity index (χ4v) is 4.37. The summed E-state index contributed by atoms with van der Waals surface area (Å²) in [6.45, 7) is 14.8. The highest BCUT2D eigenvalue weighted by molar-refractivity contribution is 5.94. The lowest BCUT2D eigenvalue weighted by molar-refractivity contribution is 0.0921. The summed E-state index contributed by atoms with van der Waals surface area (Å²) < 4.78 is 0. The van der Waals surface area contributed by atoms with Crippen molar-refractivity contribution in [3.05, 3.63) is 71.8 Å². The van der Waals surface area contributed by atoms with E-state index in [-0.39, 0.29) is 11.3 Å². The lowest BCUT2D eigenvalue weighted by Crippen LogP contribution is -2.42. The summed E-state index contributed by atoms with van der Waals surface area (Å²) in [4.78, 5) is 32.6. The molecule has 0 saturated carbocycles. The Morgan fingerprint density at radius 2 is 1.46 bits per heavy atom. The SMILES string of the molecule is CCCN(CCC)CC(C)(C)CNC(=O)c1ccc(CN(Cc2ncc[nH]2)Cc2ncc[nH]2)cc1. The van der Waals surface area contributed by atoms with Crippen molar-refractivity contribution in [2.24, 2.45) is 5.41 Å². The Kier molecular flexibility index (Phi) is 10.0. The van der Waals surface area contributed by atoms with Crippen molar-refractivity contribution in [2.45, 2.75) is 60.2 Å². The molecular weight excluding hydrogens is 438 g/mol. The summed E-state index contributed by atoms with van der Waals surface area (Å²) in [6, 6.07) is 7.88. The molecule has 0 aliphatic carbocycles. The highest BCUT2D eigenvalue weighted by Gasteiger charge is 2.22. The van der Waals surface area contributed by atoms with E-state index in [9.17, 15) is 4.79 Å². The molecule has 0 fully saturated rings. The van der Waals surface area contributed by atoms with Gasteiger partial charge in [-0.25, -0.2) is 9.97 Å². The minimum absolute atomic E-state index is 0.0120. The second-order valence-electron chi connectivity index (χ2n) is 10.0. The number of hydrogen-bond donors (Lipinski definition) is 3. The van der Waals surface area contributed by atoms with Gasteiger partial charge in [-0.15, -0.1) is 0 Å². The van der Waals surface area contributed by atoms with E-state index in [1.54, 1.807) is 12.4 Å². The third kappa shape index (κ3) is 8.96. The Morgan fingerprint density at radius 1 is 0.886 bits per heavy atom. The number of carbonyl (C=O) groups is 1. The summed E-state index contributed by atoms with van der Waals surface area (Å²) in [6.07, 6.45) is 9.49. The quantitative estimate of drug-likeness (QED) is 0.304. The van der Waals surface area contributed by atoms with Crippen molar-refractivity contribution in [1.29, 1.82) is 0 Å². The zero-order valence-corrected chi connectivity index (χ0v) is 21.7. The van der Waals surface area contributed by atoms with E-state index in [0.717, 1.165) is 56.2 Å². The summed E-state index contributed by atoms with van der Waals surface area (Å²) in [5, 5.41) is 3.15. The van der Waals surface area contributed by atoms with Crippen molar-refractivity contribution >= 4 is 5.91 Å². The Morgan fingerprint density at radius 3 is 1.94 bits per heavy atom. The number of amides is 1. The predicted molar refractivity (Wildman–Crippen MR) is 140 cm³/mol. The Hall–Kier alpha value is -2.97. The van der Waals surface area contributed by atoms with Crippen LogP contribution in [-0.4, -0.2) is 61.8 Å². The molecule has 8 nitrogen and oxygen atoms in total. The highest BCUT2D eigenvalue weighted by atomic mass is 16.1. The van der Waals surface area contributed by atoms with Gasteiger partial charge in [0.05, 0.1) is 13.1 Å². The van der Waals surface area contributed by atoms with Gasteiger partial charge in [-0.2, -0.15) is 0 Å². The minimum atomic E-state index is -0.0230. The van der Waals surface area contributed by atoms with Gasteiger partial charge in [-0.05, 0) is 49.0 Å². The molecule has 0 radical (unpaired) electrons. The molecule has 190 valence electrons. The zero-order chi connectivity index (χ0) is 25.1. The Balaban J connectivity index is 1.55. The molecule has 1 amide bonds. The lowest BCUT2D eigenvalue weighted by Gasteiger charge is -2.32. The largest absolute Gasteiger partial charge is 0.351 e. The van der Waals surface area contributed by atoms with Crippen LogP contribution < -0.4 is 5.32 Å². The van der Waals surface area contributed by atoms with Crippen molar-refractivity contribution < 1.29 is 4.79 Å².